The van der Waals surface area contributed by atoms with Gasteiger partial charge < -0.3 is 24.1 Å². The third-order valence-corrected chi connectivity index (χ3v) is 13.1. The summed E-state index contributed by atoms with van der Waals surface area (Å²) < 4.78 is 52.9. The molecule has 0 aliphatic carbocycles. The fourth-order valence-corrected chi connectivity index (χ4v) is 8.95. The van der Waals surface area contributed by atoms with Crippen molar-refractivity contribution in [1.82, 2.24) is 20.4 Å². The molecule has 2 aliphatic heterocycles. The van der Waals surface area contributed by atoms with Crippen molar-refractivity contribution in [1.29, 1.82) is 0 Å². The maximum atomic E-state index is 13.5. The fourth-order valence-electron chi connectivity index (χ4n) is 6.69. The highest BCUT2D eigenvalue weighted by Gasteiger charge is 2.54. The summed E-state index contributed by atoms with van der Waals surface area (Å²) in [5.74, 6) is 2.35. The summed E-state index contributed by atoms with van der Waals surface area (Å²) in [7, 11) is -0.441. The molecule has 0 amide bonds. The number of nitrogens with one attached hydrogen (secondary N) is 3. The fraction of sp³-hybridized carbons (Fsp3) is 0.514. The van der Waals surface area contributed by atoms with E-state index >= 15 is 0 Å². The van der Waals surface area contributed by atoms with E-state index in [2.05, 4.69) is 35.1 Å². The van der Waals surface area contributed by atoms with Gasteiger partial charge in [-0.15, -0.1) is 0 Å². The number of aliphatic hydroxyl groups is 1. The second-order valence-electron chi connectivity index (χ2n) is 13.9. The number of aromatic nitrogens is 1. The number of pyridine rings is 1. The van der Waals surface area contributed by atoms with Crippen molar-refractivity contribution in [2.45, 2.75) is 62.5 Å². The minimum Gasteiger partial charge on any atom is -0.496 e. The number of methoxy groups -OCH3 is 3. The van der Waals surface area contributed by atoms with Crippen molar-refractivity contribution in [2.24, 2.45) is 5.92 Å². The summed E-state index contributed by atoms with van der Waals surface area (Å²) >= 11 is 0. The molecule has 5 rings (SSSR count). The smallest absolute Gasteiger partial charge is 0.216 e. The predicted octanol–water partition coefficient (Wildman–Crippen LogP) is 4.44. The zero-order chi connectivity index (χ0) is 35.4. The SMILES string of the molecule is COc1ccccc1-c1cnc(N2CNC(C3CCOCC3)(C(O)[C@@H](C)S(=O)(=O)NCC[Si](C)(C)C)N2)cc1-c1c(OC)cccc1OC. The second-order valence-corrected chi connectivity index (χ2v) is 21.6. The normalized spacial score (nSPS) is 20.2. The third kappa shape index (κ3) is 7.90. The minimum absolute atomic E-state index is 0.123. The van der Waals surface area contributed by atoms with E-state index in [4.69, 9.17) is 23.9 Å². The lowest BCUT2D eigenvalue weighted by atomic mass is 9.81. The summed E-state index contributed by atoms with van der Waals surface area (Å²) in [6.07, 6.45) is 1.78. The lowest BCUT2D eigenvalue weighted by molar-refractivity contribution is -0.0330. The monoisotopic (exact) mass is 713 g/mol. The number of hydrogen-bond donors (Lipinski definition) is 4. The topological polar surface area (TPSA) is 144 Å². The van der Waals surface area contributed by atoms with Crippen LogP contribution in [0.15, 0.2) is 54.7 Å². The number of anilines is 1. The standard InChI is InChI=1S/C35H51N5O7SSi/c1-24(48(42,43)38-17-20-49(5,6)7)34(41)35(25-15-18-47-19-16-25)37-23-40(39-35)32-21-27(33-30(45-3)13-10-14-31(33)46-4)28(22-36-32)26-11-8-9-12-29(26)44-2/h8-14,21-22,24-25,34,37-39,41H,15-20,23H2,1-7H3/t24-,34?,35?/m1/s1. The van der Waals surface area contributed by atoms with Crippen molar-refractivity contribution in [3.05, 3.63) is 54.7 Å². The van der Waals surface area contributed by atoms with Crippen LogP contribution in [0.1, 0.15) is 19.8 Å². The molecule has 0 radical (unpaired) electrons. The molecule has 0 spiro atoms. The summed E-state index contributed by atoms with van der Waals surface area (Å²) in [5, 5.41) is 16.3. The van der Waals surface area contributed by atoms with Gasteiger partial charge in [0.1, 0.15) is 40.1 Å². The Morgan fingerprint density at radius 2 is 1.63 bits per heavy atom. The Kier molecular flexibility index (Phi) is 11.6. The number of hydrogen-bond acceptors (Lipinski definition) is 11. The summed E-state index contributed by atoms with van der Waals surface area (Å²) in [6, 6.07) is 16.1. The van der Waals surface area contributed by atoms with Gasteiger partial charge in [0, 0.05) is 50.7 Å². The molecule has 268 valence electrons. The van der Waals surface area contributed by atoms with Crippen molar-refractivity contribution >= 4 is 23.9 Å². The zero-order valence-electron chi connectivity index (χ0n) is 29.6. The second kappa shape index (κ2) is 15.3. The lowest BCUT2D eigenvalue weighted by Gasteiger charge is -2.44. The number of para-hydroxylation sites is 1. The lowest BCUT2D eigenvalue weighted by Crippen LogP contribution is -2.69. The largest absolute Gasteiger partial charge is 0.496 e. The van der Waals surface area contributed by atoms with Crippen LogP contribution in [0.2, 0.25) is 25.7 Å². The van der Waals surface area contributed by atoms with E-state index in [1.54, 1.807) is 34.4 Å². The molecular weight excluding hydrogens is 663 g/mol. The van der Waals surface area contributed by atoms with Crippen molar-refractivity contribution in [3.8, 4) is 39.5 Å². The van der Waals surface area contributed by atoms with Crippen LogP contribution >= 0.6 is 0 Å². The van der Waals surface area contributed by atoms with E-state index in [0.717, 1.165) is 28.3 Å². The van der Waals surface area contributed by atoms with Crippen LogP contribution in [0.4, 0.5) is 5.82 Å². The highest BCUT2D eigenvalue weighted by atomic mass is 32.2. The highest BCUT2D eigenvalue weighted by Crippen LogP contribution is 2.46. The molecule has 2 aliphatic rings. The molecule has 2 fully saturated rings. The van der Waals surface area contributed by atoms with Gasteiger partial charge in [0.25, 0.3) is 0 Å². The molecule has 12 nitrogen and oxygen atoms in total. The number of hydrazine groups is 1. The Bertz CT molecular complexity index is 1680. The summed E-state index contributed by atoms with van der Waals surface area (Å²) in [6.45, 7) is 9.81. The Hall–Kier alpha value is -3.24. The third-order valence-electron chi connectivity index (χ3n) is 9.55. The molecule has 2 aromatic carbocycles. The number of benzene rings is 2. The van der Waals surface area contributed by atoms with Gasteiger partial charge in [0.15, 0.2) is 0 Å². The quantitative estimate of drug-likeness (QED) is 0.176. The number of rotatable bonds is 14. The number of ether oxygens (including phenoxy) is 4. The first kappa shape index (κ1) is 37.0. The molecule has 3 heterocycles. The van der Waals surface area contributed by atoms with Gasteiger partial charge in [-0.05, 0) is 56.0 Å². The van der Waals surface area contributed by atoms with E-state index in [1.165, 1.54) is 0 Å². The van der Waals surface area contributed by atoms with Gasteiger partial charge in [-0.1, -0.05) is 43.9 Å². The van der Waals surface area contributed by atoms with E-state index in [1.807, 2.05) is 53.5 Å². The molecule has 1 aromatic heterocycles. The van der Waals surface area contributed by atoms with E-state index in [-0.39, 0.29) is 12.6 Å². The average Bonchev–Trinajstić information content (AvgIpc) is 3.57. The van der Waals surface area contributed by atoms with Crippen LogP contribution in [0.3, 0.4) is 0 Å². The summed E-state index contributed by atoms with van der Waals surface area (Å²) in [5.41, 5.74) is 5.53. The molecule has 3 aromatic rings. The van der Waals surface area contributed by atoms with Gasteiger partial charge in [0.05, 0.1) is 33.6 Å². The molecule has 3 atom stereocenters. The predicted molar refractivity (Wildman–Crippen MR) is 195 cm³/mol. The molecule has 0 saturated carbocycles. The first-order valence-corrected chi connectivity index (χ1v) is 22.0. The highest BCUT2D eigenvalue weighted by molar-refractivity contribution is 7.90. The Morgan fingerprint density at radius 3 is 2.27 bits per heavy atom. The number of nitrogens with zero attached hydrogens (tertiary/aromatic N) is 2. The van der Waals surface area contributed by atoms with Crippen LogP contribution in [-0.4, -0.2) is 91.4 Å². The molecule has 0 bridgehead atoms. The maximum absolute atomic E-state index is 13.5. The molecule has 4 N–H and O–H groups in total. The van der Waals surface area contributed by atoms with Crippen LogP contribution in [0, 0.1) is 5.92 Å². The van der Waals surface area contributed by atoms with Gasteiger partial charge in [-0.3, -0.25) is 10.3 Å². The Morgan fingerprint density at radius 1 is 1.00 bits per heavy atom. The van der Waals surface area contributed by atoms with E-state index in [9.17, 15) is 13.5 Å². The van der Waals surface area contributed by atoms with E-state index < -0.39 is 35.1 Å². The molecule has 14 heteroatoms. The Labute approximate surface area is 291 Å². The summed E-state index contributed by atoms with van der Waals surface area (Å²) in [4.78, 5) is 4.89. The molecule has 49 heavy (non-hydrogen) atoms. The number of aliphatic hydroxyl groups excluding tert-OH is 1. The van der Waals surface area contributed by atoms with Crippen molar-refractivity contribution < 1.29 is 32.5 Å². The van der Waals surface area contributed by atoms with Gasteiger partial charge in [0.2, 0.25) is 10.0 Å². The first-order valence-electron chi connectivity index (χ1n) is 16.7. The van der Waals surface area contributed by atoms with Gasteiger partial charge >= 0.3 is 0 Å². The molecular formula is C35H51N5O7SSi. The van der Waals surface area contributed by atoms with Gasteiger partial charge in [-0.25, -0.2) is 23.5 Å². The Balaban J connectivity index is 1.56. The first-order chi connectivity index (χ1) is 23.3. The van der Waals surface area contributed by atoms with E-state index in [0.29, 0.717) is 55.7 Å². The maximum Gasteiger partial charge on any atom is 0.216 e. The van der Waals surface area contributed by atoms with Crippen LogP contribution in [-0.2, 0) is 14.8 Å². The average molecular weight is 714 g/mol. The van der Waals surface area contributed by atoms with Crippen molar-refractivity contribution in [3.63, 3.8) is 0 Å². The molecule has 2 saturated heterocycles. The number of sulfonamides is 1. The van der Waals surface area contributed by atoms with Crippen LogP contribution in [0.25, 0.3) is 22.3 Å². The van der Waals surface area contributed by atoms with Gasteiger partial charge in [-0.2, -0.15) is 0 Å². The van der Waals surface area contributed by atoms with Crippen LogP contribution < -0.4 is 34.7 Å². The minimum atomic E-state index is -3.84. The zero-order valence-corrected chi connectivity index (χ0v) is 31.4. The van der Waals surface area contributed by atoms with Crippen LogP contribution in [0.5, 0.6) is 17.2 Å². The van der Waals surface area contributed by atoms with Crippen molar-refractivity contribution in [2.75, 3.05) is 52.8 Å². The molecule has 2 unspecified atom stereocenters.